The van der Waals surface area contributed by atoms with Crippen molar-refractivity contribution in [2.75, 3.05) is 6.61 Å². The fourth-order valence-corrected chi connectivity index (χ4v) is 2.67. The van der Waals surface area contributed by atoms with E-state index in [9.17, 15) is 19.6 Å². The zero-order chi connectivity index (χ0) is 19.9. The molecule has 2 aromatic carbocycles. The molecule has 0 saturated heterocycles. The van der Waals surface area contributed by atoms with E-state index in [1.54, 1.807) is 55.5 Å². The van der Waals surface area contributed by atoms with Crippen molar-refractivity contribution in [2.24, 2.45) is 0 Å². The number of nitrogens with zero attached hydrogens (tertiary/aromatic N) is 1. The molecule has 0 spiro atoms. The highest BCUT2D eigenvalue weighted by atomic mass is 16.5. The number of carbonyl (C=O) groups excluding carboxylic acids is 3. The van der Waals surface area contributed by atoms with Gasteiger partial charge < -0.3 is 10.1 Å². The molecule has 138 valence electrons. The molecule has 1 amide bonds. The maximum absolute atomic E-state index is 12.5. The van der Waals surface area contributed by atoms with E-state index in [1.165, 1.54) is 6.92 Å². The molecule has 0 fully saturated rings. The van der Waals surface area contributed by atoms with E-state index in [1.807, 2.05) is 12.1 Å². The first-order valence-electron chi connectivity index (χ1n) is 8.48. The quantitative estimate of drug-likeness (QED) is 0.601. The van der Waals surface area contributed by atoms with E-state index in [0.29, 0.717) is 16.7 Å². The van der Waals surface area contributed by atoms with Crippen LogP contribution in [0.4, 0.5) is 0 Å². The van der Waals surface area contributed by atoms with Gasteiger partial charge in [-0.3, -0.25) is 9.59 Å². The highest BCUT2D eigenvalue weighted by Gasteiger charge is 2.41. The van der Waals surface area contributed by atoms with Crippen molar-refractivity contribution < 1.29 is 19.1 Å². The Labute approximate surface area is 157 Å². The predicted octanol–water partition coefficient (Wildman–Crippen LogP) is 2.42. The van der Waals surface area contributed by atoms with Crippen LogP contribution in [0.15, 0.2) is 54.6 Å². The Morgan fingerprint density at radius 3 is 2.15 bits per heavy atom. The second-order valence-electron chi connectivity index (χ2n) is 5.99. The van der Waals surface area contributed by atoms with Crippen molar-refractivity contribution >= 4 is 17.7 Å². The molecule has 1 atom stereocenters. The maximum atomic E-state index is 12.5. The Bertz CT molecular complexity index is 869. The number of benzene rings is 2. The van der Waals surface area contributed by atoms with Crippen LogP contribution in [0.3, 0.4) is 0 Å². The number of ether oxygens (including phenoxy) is 1. The fourth-order valence-electron chi connectivity index (χ4n) is 2.67. The molecule has 0 unspecified atom stereocenters. The van der Waals surface area contributed by atoms with Crippen molar-refractivity contribution in [3.8, 4) is 6.07 Å². The van der Waals surface area contributed by atoms with Crippen LogP contribution in [0.1, 0.15) is 35.3 Å². The van der Waals surface area contributed by atoms with Gasteiger partial charge in [-0.25, -0.2) is 4.79 Å². The molecule has 0 aromatic heterocycles. The van der Waals surface area contributed by atoms with E-state index in [-0.39, 0.29) is 18.8 Å². The summed E-state index contributed by atoms with van der Waals surface area (Å²) in [4.78, 5) is 36.2. The monoisotopic (exact) mass is 364 g/mol. The zero-order valence-electron chi connectivity index (χ0n) is 15.2. The normalized spacial score (nSPS) is 12.3. The van der Waals surface area contributed by atoms with Crippen molar-refractivity contribution in [3.05, 3.63) is 71.3 Å². The minimum atomic E-state index is -1.81. The van der Waals surface area contributed by atoms with Gasteiger partial charge in [-0.15, -0.1) is 0 Å². The van der Waals surface area contributed by atoms with Gasteiger partial charge in [0.1, 0.15) is 6.07 Å². The molecule has 6 nitrogen and oxygen atoms in total. The molecule has 27 heavy (non-hydrogen) atoms. The molecule has 0 aliphatic carbocycles. The van der Waals surface area contributed by atoms with Crippen molar-refractivity contribution in [2.45, 2.75) is 25.8 Å². The second kappa shape index (κ2) is 8.77. The molecule has 0 bridgehead atoms. The van der Waals surface area contributed by atoms with E-state index in [4.69, 9.17) is 4.74 Å². The number of ketones is 1. The lowest BCUT2D eigenvalue weighted by atomic mass is 9.91. The summed E-state index contributed by atoms with van der Waals surface area (Å²) in [7, 11) is 0. The average Bonchev–Trinajstić information content (AvgIpc) is 2.68. The topological polar surface area (TPSA) is 96.3 Å². The van der Waals surface area contributed by atoms with E-state index < -0.39 is 17.4 Å². The molecule has 0 aliphatic rings. The number of hydrogen-bond acceptors (Lipinski definition) is 5. The van der Waals surface area contributed by atoms with Crippen LogP contribution >= 0.6 is 0 Å². The highest BCUT2D eigenvalue weighted by molar-refractivity contribution is 6.08. The van der Waals surface area contributed by atoms with Gasteiger partial charge in [0, 0.05) is 24.5 Å². The number of nitrogens with one attached hydrogen (secondary N) is 1. The fraction of sp³-hybridized carbons (Fsp3) is 0.238. The first-order chi connectivity index (χ1) is 12.9. The third kappa shape index (κ3) is 4.79. The summed E-state index contributed by atoms with van der Waals surface area (Å²) < 4.78 is 4.96. The third-order valence-electron chi connectivity index (χ3n) is 3.93. The van der Waals surface area contributed by atoms with Crippen LogP contribution in [-0.2, 0) is 20.7 Å². The van der Waals surface area contributed by atoms with Gasteiger partial charge in [-0.2, -0.15) is 5.26 Å². The molecule has 2 rings (SSSR count). The minimum absolute atomic E-state index is 0.0677. The van der Waals surface area contributed by atoms with E-state index >= 15 is 0 Å². The first kappa shape index (κ1) is 19.9. The van der Waals surface area contributed by atoms with Gasteiger partial charge in [0.15, 0.2) is 5.78 Å². The van der Waals surface area contributed by atoms with Crippen LogP contribution in [0.25, 0.3) is 0 Å². The predicted molar refractivity (Wildman–Crippen MR) is 98.8 cm³/mol. The summed E-state index contributed by atoms with van der Waals surface area (Å²) >= 11 is 0. The summed E-state index contributed by atoms with van der Waals surface area (Å²) in [5, 5.41) is 12.0. The molecule has 1 N–H and O–H groups in total. The standard InChI is InChI=1S/C21H20N2O4/c1-3-27-20(26)21(14-22,23-15(2)24)13-16-9-11-18(12-10-16)19(25)17-7-5-4-6-8-17/h4-12H,3,13H2,1-2H3,(H,23,24)/t21-/m1/s1. The molecular weight excluding hydrogens is 344 g/mol. The van der Waals surface area contributed by atoms with Gasteiger partial charge >= 0.3 is 5.97 Å². The molecular formula is C21H20N2O4. The number of carbonyl (C=O) groups is 3. The Balaban J connectivity index is 2.26. The zero-order valence-corrected chi connectivity index (χ0v) is 15.2. The lowest BCUT2D eigenvalue weighted by Crippen LogP contribution is -2.55. The lowest BCUT2D eigenvalue weighted by molar-refractivity contribution is -0.150. The second-order valence-corrected chi connectivity index (χ2v) is 5.99. The lowest BCUT2D eigenvalue weighted by Gasteiger charge is -2.25. The number of rotatable bonds is 7. The van der Waals surface area contributed by atoms with Gasteiger partial charge in [-0.1, -0.05) is 54.6 Å². The Kier molecular flexibility index (Phi) is 6.45. The van der Waals surface area contributed by atoms with Crippen LogP contribution in [0, 0.1) is 11.3 Å². The number of nitriles is 1. The third-order valence-corrected chi connectivity index (χ3v) is 3.93. The van der Waals surface area contributed by atoms with Crippen LogP contribution in [-0.4, -0.2) is 29.8 Å². The average molecular weight is 364 g/mol. The smallest absolute Gasteiger partial charge is 0.347 e. The van der Waals surface area contributed by atoms with E-state index in [2.05, 4.69) is 5.32 Å². The molecule has 6 heteroatoms. The van der Waals surface area contributed by atoms with Gasteiger partial charge in [0.25, 0.3) is 0 Å². The molecule has 2 aromatic rings. The van der Waals surface area contributed by atoms with Crippen LogP contribution in [0.5, 0.6) is 0 Å². The number of amides is 1. The molecule has 0 aliphatic heterocycles. The molecule has 0 heterocycles. The van der Waals surface area contributed by atoms with Crippen LogP contribution in [0.2, 0.25) is 0 Å². The maximum Gasteiger partial charge on any atom is 0.347 e. The van der Waals surface area contributed by atoms with Gasteiger partial charge in [-0.05, 0) is 12.5 Å². The van der Waals surface area contributed by atoms with E-state index in [0.717, 1.165) is 0 Å². The minimum Gasteiger partial charge on any atom is -0.463 e. The Morgan fingerprint density at radius 1 is 1.04 bits per heavy atom. The summed E-state index contributed by atoms with van der Waals surface area (Å²) in [5.41, 5.74) is -0.139. The van der Waals surface area contributed by atoms with Crippen LogP contribution < -0.4 is 5.32 Å². The summed E-state index contributed by atoms with van der Waals surface area (Å²) in [6, 6.07) is 17.3. The molecule has 0 saturated carbocycles. The summed E-state index contributed by atoms with van der Waals surface area (Å²) in [5.74, 6) is -1.45. The van der Waals surface area contributed by atoms with Crippen molar-refractivity contribution in [1.29, 1.82) is 5.26 Å². The van der Waals surface area contributed by atoms with Gasteiger partial charge in [0.2, 0.25) is 11.4 Å². The van der Waals surface area contributed by atoms with Crippen molar-refractivity contribution in [1.82, 2.24) is 5.32 Å². The number of esters is 1. The summed E-state index contributed by atoms with van der Waals surface area (Å²) in [6.07, 6.45) is -0.0677. The SMILES string of the molecule is CCOC(=O)[C@](C#N)(Cc1ccc(C(=O)c2ccccc2)cc1)NC(C)=O. The highest BCUT2D eigenvalue weighted by Crippen LogP contribution is 2.18. The summed E-state index contributed by atoms with van der Waals surface area (Å²) in [6.45, 7) is 2.94. The first-order valence-corrected chi connectivity index (χ1v) is 8.48. The molecule has 0 radical (unpaired) electrons. The number of hydrogen-bond donors (Lipinski definition) is 1. The Hall–Kier alpha value is -3.46. The van der Waals surface area contributed by atoms with Gasteiger partial charge in [0.05, 0.1) is 6.61 Å². The Morgan fingerprint density at radius 2 is 1.63 bits per heavy atom. The van der Waals surface area contributed by atoms with Crippen molar-refractivity contribution in [3.63, 3.8) is 0 Å². The largest absolute Gasteiger partial charge is 0.463 e.